The summed E-state index contributed by atoms with van der Waals surface area (Å²) in [5.41, 5.74) is 0. The van der Waals surface area contributed by atoms with Gasteiger partial charge in [-0.1, -0.05) is 11.6 Å². The van der Waals surface area contributed by atoms with Crippen LogP contribution in [0.5, 0.6) is 0 Å². The maximum Gasteiger partial charge on any atom is 0.235 e. The van der Waals surface area contributed by atoms with Gasteiger partial charge in [-0.15, -0.1) is 0 Å². The molecular formula is C10H14ClN3O2S. The van der Waals surface area contributed by atoms with Crippen molar-refractivity contribution in [2.75, 3.05) is 17.0 Å². The summed E-state index contributed by atoms with van der Waals surface area (Å²) in [6, 6.07) is 3.74. The second-order valence-corrected chi connectivity index (χ2v) is 6.23. The average molecular weight is 276 g/mol. The van der Waals surface area contributed by atoms with Crippen LogP contribution in [-0.2, 0) is 10.0 Å². The van der Waals surface area contributed by atoms with Gasteiger partial charge in [0.25, 0.3) is 0 Å². The number of hydrogen-bond acceptors (Lipinski definition) is 4. The molecule has 17 heavy (non-hydrogen) atoms. The Kier molecular flexibility index (Phi) is 3.86. The standard InChI is InChI=1S/C10H14ClN3O2S/c11-9-2-1-5-13-10(9)14-17(15,16)7-6-12-8-3-4-8/h1-2,5,8,12H,3-4,6-7H2,(H,13,14). The summed E-state index contributed by atoms with van der Waals surface area (Å²) in [6.07, 6.45) is 3.77. The fourth-order valence-electron chi connectivity index (χ4n) is 1.34. The SMILES string of the molecule is O=S(=O)(CCNC1CC1)Nc1ncccc1Cl. The highest BCUT2D eigenvalue weighted by molar-refractivity contribution is 7.92. The van der Waals surface area contributed by atoms with Crippen molar-refractivity contribution in [2.24, 2.45) is 0 Å². The molecule has 0 unspecified atom stereocenters. The summed E-state index contributed by atoms with van der Waals surface area (Å²) in [4.78, 5) is 3.88. The fourth-order valence-corrected chi connectivity index (χ4v) is 2.51. The van der Waals surface area contributed by atoms with E-state index in [1.54, 1.807) is 12.1 Å². The third-order valence-electron chi connectivity index (χ3n) is 2.39. The van der Waals surface area contributed by atoms with E-state index in [0.29, 0.717) is 17.6 Å². The summed E-state index contributed by atoms with van der Waals surface area (Å²) in [7, 11) is -3.38. The molecule has 0 aliphatic heterocycles. The Morgan fingerprint density at radius 3 is 2.88 bits per heavy atom. The zero-order valence-electron chi connectivity index (χ0n) is 9.19. The van der Waals surface area contributed by atoms with Crippen LogP contribution in [0.2, 0.25) is 5.02 Å². The van der Waals surface area contributed by atoms with Crippen molar-refractivity contribution in [3.05, 3.63) is 23.4 Å². The van der Waals surface area contributed by atoms with E-state index in [2.05, 4.69) is 15.0 Å². The first-order valence-electron chi connectivity index (χ1n) is 5.41. The Balaban J connectivity index is 1.89. The van der Waals surface area contributed by atoms with Crippen molar-refractivity contribution in [1.29, 1.82) is 0 Å². The maximum absolute atomic E-state index is 11.7. The van der Waals surface area contributed by atoms with Gasteiger partial charge >= 0.3 is 0 Å². The molecule has 0 saturated heterocycles. The minimum absolute atomic E-state index is 0.0242. The maximum atomic E-state index is 11.7. The van der Waals surface area contributed by atoms with E-state index < -0.39 is 10.0 Å². The second kappa shape index (κ2) is 5.20. The van der Waals surface area contributed by atoms with E-state index in [0.717, 1.165) is 12.8 Å². The number of anilines is 1. The van der Waals surface area contributed by atoms with Gasteiger partial charge in [-0.2, -0.15) is 0 Å². The Bertz CT molecular complexity index is 488. The fraction of sp³-hybridized carbons (Fsp3) is 0.500. The molecule has 0 radical (unpaired) electrons. The number of nitrogens with zero attached hydrogens (tertiary/aromatic N) is 1. The second-order valence-electron chi connectivity index (χ2n) is 3.98. The van der Waals surface area contributed by atoms with Crippen LogP contribution in [0.1, 0.15) is 12.8 Å². The molecule has 1 aromatic heterocycles. The predicted octanol–water partition coefficient (Wildman–Crippen LogP) is 1.23. The quantitative estimate of drug-likeness (QED) is 0.819. The number of hydrogen-bond donors (Lipinski definition) is 2. The van der Waals surface area contributed by atoms with Gasteiger partial charge in [0.05, 0.1) is 10.8 Å². The van der Waals surface area contributed by atoms with Crippen LogP contribution >= 0.6 is 11.6 Å². The highest BCUT2D eigenvalue weighted by atomic mass is 35.5. The van der Waals surface area contributed by atoms with E-state index in [1.807, 2.05) is 0 Å². The zero-order chi connectivity index (χ0) is 12.3. The third kappa shape index (κ3) is 4.14. The highest BCUT2D eigenvalue weighted by Gasteiger charge is 2.21. The lowest BCUT2D eigenvalue weighted by Crippen LogP contribution is -2.28. The van der Waals surface area contributed by atoms with Crippen molar-refractivity contribution in [3.8, 4) is 0 Å². The number of nitrogens with one attached hydrogen (secondary N) is 2. The van der Waals surface area contributed by atoms with Crippen molar-refractivity contribution in [2.45, 2.75) is 18.9 Å². The Morgan fingerprint density at radius 2 is 2.24 bits per heavy atom. The predicted molar refractivity (Wildman–Crippen MR) is 67.7 cm³/mol. The molecule has 1 aliphatic carbocycles. The first kappa shape index (κ1) is 12.6. The lowest BCUT2D eigenvalue weighted by Gasteiger charge is -2.08. The number of sulfonamides is 1. The smallest absolute Gasteiger partial charge is 0.235 e. The van der Waals surface area contributed by atoms with Crippen molar-refractivity contribution >= 4 is 27.4 Å². The van der Waals surface area contributed by atoms with Gasteiger partial charge in [-0.3, -0.25) is 4.72 Å². The third-order valence-corrected chi connectivity index (χ3v) is 3.94. The minimum Gasteiger partial charge on any atom is -0.313 e. The molecule has 7 heteroatoms. The molecule has 1 heterocycles. The summed E-state index contributed by atoms with van der Waals surface area (Å²) in [5, 5.41) is 3.44. The molecule has 2 rings (SSSR count). The highest BCUT2D eigenvalue weighted by Crippen LogP contribution is 2.19. The first-order valence-corrected chi connectivity index (χ1v) is 7.44. The first-order chi connectivity index (χ1) is 8.07. The van der Waals surface area contributed by atoms with Crippen LogP contribution in [0.15, 0.2) is 18.3 Å². The van der Waals surface area contributed by atoms with Crippen LogP contribution in [0.3, 0.4) is 0 Å². The normalized spacial score (nSPS) is 15.8. The Hall–Kier alpha value is -0.850. The van der Waals surface area contributed by atoms with E-state index in [1.165, 1.54) is 6.20 Å². The lowest BCUT2D eigenvalue weighted by atomic mass is 10.5. The molecule has 1 fully saturated rings. The minimum atomic E-state index is -3.38. The van der Waals surface area contributed by atoms with Crippen LogP contribution in [0, 0.1) is 0 Å². The summed E-state index contributed by atoms with van der Waals surface area (Å²) in [6.45, 7) is 0.449. The largest absolute Gasteiger partial charge is 0.313 e. The molecule has 0 atom stereocenters. The van der Waals surface area contributed by atoms with Gasteiger partial charge in [0.2, 0.25) is 10.0 Å². The average Bonchev–Trinajstić information content (AvgIpc) is 3.05. The molecule has 1 aliphatic rings. The molecule has 0 bridgehead atoms. The molecule has 5 nitrogen and oxygen atoms in total. The summed E-state index contributed by atoms with van der Waals surface area (Å²) >= 11 is 5.82. The zero-order valence-corrected chi connectivity index (χ0v) is 10.8. The molecular weight excluding hydrogens is 262 g/mol. The monoisotopic (exact) mass is 275 g/mol. The lowest BCUT2D eigenvalue weighted by molar-refractivity contribution is 0.595. The van der Waals surface area contributed by atoms with Crippen molar-refractivity contribution < 1.29 is 8.42 Å². The van der Waals surface area contributed by atoms with Gasteiger partial charge < -0.3 is 5.32 Å². The van der Waals surface area contributed by atoms with Gasteiger partial charge in [0, 0.05) is 18.8 Å². The van der Waals surface area contributed by atoms with Gasteiger partial charge in [-0.25, -0.2) is 13.4 Å². The van der Waals surface area contributed by atoms with E-state index >= 15 is 0 Å². The van der Waals surface area contributed by atoms with Crippen molar-refractivity contribution in [1.82, 2.24) is 10.3 Å². The van der Waals surface area contributed by atoms with E-state index in [9.17, 15) is 8.42 Å². The van der Waals surface area contributed by atoms with Crippen LogP contribution in [0.4, 0.5) is 5.82 Å². The van der Waals surface area contributed by atoms with E-state index in [4.69, 9.17) is 11.6 Å². The van der Waals surface area contributed by atoms with Crippen LogP contribution in [0.25, 0.3) is 0 Å². The molecule has 1 aromatic rings. The molecule has 94 valence electrons. The van der Waals surface area contributed by atoms with Gasteiger partial charge in [-0.05, 0) is 25.0 Å². The molecule has 2 N–H and O–H groups in total. The number of aromatic nitrogens is 1. The summed E-state index contributed by atoms with van der Waals surface area (Å²) in [5.74, 6) is 0.205. The molecule has 1 saturated carbocycles. The number of halogens is 1. The van der Waals surface area contributed by atoms with Crippen LogP contribution < -0.4 is 10.0 Å². The summed E-state index contributed by atoms with van der Waals surface area (Å²) < 4.78 is 25.8. The number of rotatable bonds is 6. The van der Waals surface area contributed by atoms with Crippen LogP contribution in [-0.4, -0.2) is 31.7 Å². The molecule has 0 spiro atoms. The Morgan fingerprint density at radius 1 is 1.47 bits per heavy atom. The van der Waals surface area contributed by atoms with E-state index in [-0.39, 0.29) is 11.6 Å². The molecule has 0 aromatic carbocycles. The topological polar surface area (TPSA) is 71.1 Å². The Labute approximate surface area is 106 Å². The van der Waals surface area contributed by atoms with Gasteiger partial charge in [0.15, 0.2) is 5.82 Å². The molecule has 0 amide bonds. The van der Waals surface area contributed by atoms with Crippen molar-refractivity contribution in [3.63, 3.8) is 0 Å². The number of pyridine rings is 1. The van der Waals surface area contributed by atoms with Gasteiger partial charge in [0.1, 0.15) is 0 Å².